The topological polar surface area (TPSA) is 32.8 Å². The first-order valence-electron chi connectivity index (χ1n) is 6.86. The largest absolute Gasteiger partial charge is 0.465 e. The Morgan fingerprint density at radius 3 is 2.53 bits per heavy atom. The van der Waals surface area contributed by atoms with Crippen LogP contribution in [0.25, 0.3) is 0 Å². The smallest absolute Gasteiger partial charge is 0.320 e. The predicted molar refractivity (Wildman–Crippen MR) is 69.0 cm³/mol. The van der Waals surface area contributed by atoms with Crippen molar-refractivity contribution in [3.8, 4) is 0 Å². The molecule has 1 saturated heterocycles. The minimum absolute atomic E-state index is 0.104. The van der Waals surface area contributed by atoms with Crippen molar-refractivity contribution in [1.82, 2.24) is 9.80 Å². The first-order valence-corrected chi connectivity index (χ1v) is 6.86. The lowest BCUT2D eigenvalue weighted by atomic mass is 10.1. The standard InChI is InChI=1S/C13H26N2O2/c1-3-14(12-13(16)17-4-2)10-11-15-8-6-5-7-9-15/h3-12H2,1-2H3. The number of esters is 1. The first-order chi connectivity index (χ1) is 8.26. The van der Waals surface area contributed by atoms with Crippen LogP contribution in [-0.2, 0) is 9.53 Å². The SMILES string of the molecule is CCOC(=O)CN(CC)CCN1CCCCC1. The van der Waals surface area contributed by atoms with Gasteiger partial charge in [0.25, 0.3) is 0 Å². The summed E-state index contributed by atoms with van der Waals surface area (Å²) in [4.78, 5) is 16.0. The van der Waals surface area contributed by atoms with Crippen LogP contribution in [0.1, 0.15) is 33.1 Å². The molecule has 0 unspecified atom stereocenters. The summed E-state index contributed by atoms with van der Waals surface area (Å²) in [5, 5.41) is 0. The Morgan fingerprint density at radius 2 is 1.94 bits per heavy atom. The van der Waals surface area contributed by atoms with E-state index in [1.807, 2.05) is 6.92 Å². The normalized spacial score (nSPS) is 17.4. The first kappa shape index (κ1) is 14.5. The van der Waals surface area contributed by atoms with Crippen LogP contribution < -0.4 is 0 Å². The Labute approximate surface area is 105 Å². The third-order valence-corrected chi connectivity index (χ3v) is 3.29. The quantitative estimate of drug-likeness (QED) is 0.631. The minimum atomic E-state index is -0.104. The third kappa shape index (κ3) is 6.03. The van der Waals surface area contributed by atoms with E-state index in [2.05, 4.69) is 16.7 Å². The van der Waals surface area contributed by atoms with E-state index in [1.54, 1.807) is 0 Å². The molecule has 4 nitrogen and oxygen atoms in total. The summed E-state index contributed by atoms with van der Waals surface area (Å²) in [7, 11) is 0. The van der Waals surface area contributed by atoms with Gasteiger partial charge in [0.2, 0.25) is 0 Å². The lowest BCUT2D eigenvalue weighted by Crippen LogP contribution is -2.40. The molecule has 0 spiro atoms. The summed E-state index contributed by atoms with van der Waals surface area (Å²) in [5.74, 6) is -0.104. The van der Waals surface area contributed by atoms with E-state index >= 15 is 0 Å². The minimum Gasteiger partial charge on any atom is -0.465 e. The van der Waals surface area contributed by atoms with Crippen molar-refractivity contribution >= 4 is 5.97 Å². The van der Waals surface area contributed by atoms with Crippen LogP contribution in [0, 0.1) is 0 Å². The van der Waals surface area contributed by atoms with E-state index in [9.17, 15) is 4.79 Å². The molecule has 17 heavy (non-hydrogen) atoms. The van der Waals surface area contributed by atoms with Gasteiger partial charge in [-0.1, -0.05) is 13.3 Å². The van der Waals surface area contributed by atoms with E-state index in [4.69, 9.17) is 4.74 Å². The molecule has 0 atom stereocenters. The second-order valence-corrected chi connectivity index (χ2v) is 4.58. The van der Waals surface area contributed by atoms with Crippen molar-refractivity contribution in [2.24, 2.45) is 0 Å². The molecule has 0 bridgehead atoms. The van der Waals surface area contributed by atoms with E-state index in [0.717, 1.165) is 19.6 Å². The zero-order valence-corrected chi connectivity index (χ0v) is 11.3. The summed E-state index contributed by atoms with van der Waals surface area (Å²) in [6.07, 6.45) is 4.02. The molecule has 1 fully saturated rings. The summed E-state index contributed by atoms with van der Waals surface area (Å²) in [5.41, 5.74) is 0. The molecular weight excluding hydrogens is 216 g/mol. The lowest BCUT2D eigenvalue weighted by Gasteiger charge is -2.29. The van der Waals surface area contributed by atoms with Crippen LogP contribution in [0.5, 0.6) is 0 Å². The van der Waals surface area contributed by atoms with Crippen molar-refractivity contribution in [3.05, 3.63) is 0 Å². The number of carbonyl (C=O) groups excluding carboxylic acids is 1. The van der Waals surface area contributed by atoms with Gasteiger partial charge in [-0.05, 0) is 39.4 Å². The third-order valence-electron chi connectivity index (χ3n) is 3.29. The Balaban J connectivity index is 2.19. The van der Waals surface area contributed by atoms with Crippen LogP contribution in [0.4, 0.5) is 0 Å². The number of rotatable bonds is 7. The zero-order chi connectivity index (χ0) is 12.5. The van der Waals surface area contributed by atoms with Gasteiger partial charge in [-0.25, -0.2) is 0 Å². The maximum absolute atomic E-state index is 11.4. The molecule has 1 aliphatic rings. The molecule has 0 aromatic rings. The highest BCUT2D eigenvalue weighted by molar-refractivity contribution is 5.71. The molecule has 0 saturated carbocycles. The lowest BCUT2D eigenvalue weighted by molar-refractivity contribution is -0.144. The highest BCUT2D eigenvalue weighted by Crippen LogP contribution is 2.08. The van der Waals surface area contributed by atoms with Crippen LogP contribution >= 0.6 is 0 Å². The van der Waals surface area contributed by atoms with Gasteiger partial charge < -0.3 is 9.64 Å². The molecule has 0 aliphatic carbocycles. The second-order valence-electron chi connectivity index (χ2n) is 4.58. The van der Waals surface area contributed by atoms with Gasteiger partial charge in [-0.15, -0.1) is 0 Å². The van der Waals surface area contributed by atoms with Gasteiger partial charge in [-0.3, -0.25) is 9.69 Å². The summed E-state index contributed by atoms with van der Waals surface area (Å²) in [6.45, 7) is 10.2. The molecule has 100 valence electrons. The zero-order valence-electron chi connectivity index (χ0n) is 11.3. The maximum atomic E-state index is 11.4. The molecule has 1 rings (SSSR count). The van der Waals surface area contributed by atoms with E-state index in [0.29, 0.717) is 13.2 Å². The van der Waals surface area contributed by atoms with Crippen LogP contribution in [-0.4, -0.2) is 61.6 Å². The summed E-state index contributed by atoms with van der Waals surface area (Å²) < 4.78 is 4.97. The van der Waals surface area contributed by atoms with Crippen molar-refractivity contribution in [2.45, 2.75) is 33.1 Å². The molecule has 4 heteroatoms. The Hall–Kier alpha value is -0.610. The molecule has 0 amide bonds. The number of likely N-dealkylation sites (tertiary alicyclic amines) is 1. The molecule has 0 aromatic heterocycles. The van der Waals surface area contributed by atoms with Gasteiger partial charge >= 0.3 is 5.97 Å². The Bertz CT molecular complexity index is 215. The average Bonchev–Trinajstić information content (AvgIpc) is 2.36. The number of piperidine rings is 1. The number of nitrogens with zero attached hydrogens (tertiary/aromatic N) is 2. The monoisotopic (exact) mass is 242 g/mol. The van der Waals surface area contributed by atoms with Crippen LogP contribution in [0.2, 0.25) is 0 Å². The van der Waals surface area contributed by atoms with Gasteiger partial charge in [-0.2, -0.15) is 0 Å². The van der Waals surface area contributed by atoms with Crippen molar-refractivity contribution in [1.29, 1.82) is 0 Å². The number of ether oxygens (including phenoxy) is 1. The van der Waals surface area contributed by atoms with Gasteiger partial charge in [0.15, 0.2) is 0 Å². The van der Waals surface area contributed by atoms with Gasteiger partial charge in [0.05, 0.1) is 13.2 Å². The molecule has 1 aliphatic heterocycles. The van der Waals surface area contributed by atoms with Crippen molar-refractivity contribution in [2.75, 3.05) is 45.9 Å². The molecular formula is C13H26N2O2. The van der Waals surface area contributed by atoms with Crippen molar-refractivity contribution in [3.63, 3.8) is 0 Å². The van der Waals surface area contributed by atoms with Crippen LogP contribution in [0.15, 0.2) is 0 Å². The fraction of sp³-hybridized carbons (Fsp3) is 0.923. The number of hydrogen-bond acceptors (Lipinski definition) is 4. The van der Waals surface area contributed by atoms with E-state index in [1.165, 1.54) is 32.4 Å². The average molecular weight is 242 g/mol. The molecule has 0 aromatic carbocycles. The highest BCUT2D eigenvalue weighted by Gasteiger charge is 2.13. The number of carbonyl (C=O) groups is 1. The summed E-state index contributed by atoms with van der Waals surface area (Å²) >= 11 is 0. The van der Waals surface area contributed by atoms with Crippen molar-refractivity contribution < 1.29 is 9.53 Å². The van der Waals surface area contributed by atoms with Gasteiger partial charge in [0.1, 0.15) is 0 Å². The molecule has 0 radical (unpaired) electrons. The molecule has 1 heterocycles. The van der Waals surface area contributed by atoms with Gasteiger partial charge in [0, 0.05) is 13.1 Å². The Kier molecular flexibility index (Phi) is 7.21. The maximum Gasteiger partial charge on any atom is 0.320 e. The summed E-state index contributed by atoms with van der Waals surface area (Å²) in [6, 6.07) is 0. The van der Waals surface area contributed by atoms with E-state index < -0.39 is 0 Å². The second kappa shape index (κ2) is 8.48. The number of hydrogen-bond donors (Lipinski definition) is 0. The van der Waals surface area contributed by atoms with E-state index in [-0.39, 0.29) is 5.97 Å². The Morgan fingerprint density at radius 1 is 1.24 bits per heavy atom. The molecule has 0 N–H and O–H groups in total. The number of likely N-dealkylation sites (N-methyl/N-ethyl adjacent to an activating group) is 1. The van der Waals surface area contributed by atoms with Crippen LogP contribution in [0.3, 0.4) is 0 Å². The predicted octanol–water partition coefficient (Wildman–Crippen LogP) is 1.36. The fourth-order valence-electron chi connectivity index (χ4n) is 2.20. The highest BCUT2D eigenvalue weighted by atomic mass is 16.5. The fourth-order valence-corrected chi connectivity index (χ4v) is 2.20.